The molecular weight excluding hydrogens is 519 g/mol. The first kappa shape index (κ1) is 25.8. The summed E-state index contributed by atoms with van der Waals surface area (Å²) < 4.78 is 0. The monoisotopic (exact) mass is 538 g/mol. The van der Waals surface area contributed by atoms with Gasteiger partial charge in [-0.3, -0.25) is 9.59 Å². The first-order valence-corrected chi connectivity index (χ1v) is 13.2. The van der Waals surface area contributed by atoms with Gasteiger partial charge in [-0.15, -0.1) is 23.5 Å². The van der Waals surface area contributed by atoms with E-state index in [4.69, 9.17) is 34.8 Å². The Morgan fingerprint density at radius 1 is 0.667 bits per heavy atom. The molecule has 2 N–H and O–H groups in total. The highest BCUT2D eigenvalue weighted by atomic mass is 35.5. The van der Waals surface area contributed by atoms with E-state index in [1.165, 1.54) is 0 Å². The molecule has 4 nitrogen and oxygen atoms in total. The summed E-state index contributed by atoms with van der Waals surface area (Å²) in [5, 5.41) is 7.38. The first-order chi connectivity index (χ1) is 15.9. The van der Waals surface area contributed by atoms with E-state index in [9.17, 15) is 9.59 Å². The van der Waals surface area contributed by atoms with Crippen LogP contribution >= 0.6 is 58.3 Å². The third-order valence-electron chi connectivity index (χ3n) is 4.35. The zero-order valence-electron chi connectivity index (χ0n) is 17.4. The molecule has 0 spiro atoms. The minimum absolute atomic E-state index is 0.108. The van der Waals surface area contributed by atoms with Crippen LogP contribution in [0, 0.1) is 0 Å². The zero-order valence-corrected chi connectivity index (χ0v) is 21.3. The predicted molar refractivity (Wildman–Crippen MR) is 142 cm³/mol. The lowest BCUT2D eigenvalue weighted by atomic mass is 10.2. The lowest BCUT2D eigenvalue weighted by molar-refractivity contribution is -0.116. The number of rotatable bonds is 10. The first-order valence-electron chi connectivity index (χ1n) is 10.0. The summed E-state index contributed by atoms with van der Waals surface area (Å²) in [6.45, 7) is 0. The van der Waals surface area contributed by atoms with Crippen molar-refractivity contribution in [1.82, 2.24) is 0 Å². The van der Waals surface area contributed by atoms with Crippen LogP contribution in [0.4, 0.5) is 11.4 Å². The Morgan fingerprint density at radius 3 is 1.64 bits per heavy atom. The van der Waals surface area contributed by atoms with Gasteiger partial charge in [0.2, 0.25) is 11.8 Å². The van der Waals surface area contributed by atoms with Gasteiger partial charge in [0.05, 0.1) is 10.7 Å². The summed E-state index contributed by atoms with van der Waals surface area (Å²) in [5.41, 5.74) is 1.09. The number of carbonyl (C=O) groups is 2. The normalized spacial score (nSPS) is 10.6. The third kappa shape index (κ3) is 9.14. The van der Waals surface area contributed by atoms with Crippen molar-refractivity contribution < 1.29 is 9.59 Å². The Kier molecular flexibility index (Phi) is 10.3. The standard InChI is InChI=1S/C24H21Cl3N2O2S2/c25-16-1-6-19(7-2-16)32-13-11-23(30)28-18-5-10-22(21(27)15-18)29-24(31)12-14-33-20-8-3-17(26)4-9-20/h1-10,15H,11-14H2,(H,28,30)(H,29,31). The number of anilines is 2. The van der Waals surface area contributed by atoms with E-state index >= 15 is 0 Å². The van der Waals surface area contributed by atoms with Crippen LogP contribution in [0.5, 0.6) is 0 Å². The number of carbonyl (C=O) groups excluding carboxylic acids is 2. The molecule has 0 aliphatic rings. The fourth-order valence-electron chi connectivity index (χ4n) is 2.72. The van der Waals surface area contributed by atoms with Crippen LogP contribution in [0.2, 0.25) is 15.1 Å². The van der Waals surface area contributed by atoms with Gasteiger partial charge in [0.15, 0.2) is 0 Å². The molecule has 0 saturated carbocycles. The molecule has 0 bridgehead atoms. The Morgan fingerprint density at radius 2 is 1.15 bits per heavy atom. The highest BCUT2D eigenvalue weighted by Gasteiger charge is 2.09. The average molecular weight is 540 g/mol. The van der Waals surface area contributed by atoms with Crippen LogP contribution in [0.25, 0.3) is 0 Å². The van der Waals surface area contributed by atoms with Crippen molar-refractivity contribution in [2.24, 2.45) is 0 Å². The number of hydrogen-bond donors (Lipinski definition) is 2. The summed E-state index contributed by atoms with van der Waals surface area (Å²) in [6, 6.07) is 20.0. The van der Waals surface area contributed by atoms with Gasteiger partial charge >= 0.3 is 0 Å². The van der Waals surface area contributed by atoms with Crippen molar-refractivity contribution in [3.8, 4) is 0 Å². The van der Waals surface area contributed by atoms with Crippen LogP contribution in [-0.4, -0.2) is 23.3 Å². The van der Waals surface area contributed by atoms with Gasteiger partial charge in [-0.2, -0.15) is 0 Å². The minimum atomic E-state index is -0.130. The van der Waals surface area contributed by atoms with Gasteiger partial charge in [0, 0.05) is 49.9 Å². The summed E-state index contributed by atoms with van der Waals surface area (Å²) in [6.07, 6.45) is 0.697. The molecule has 3 aromatic carbocycles. The molecule has 33 heavy (non-hydrogen) atoms. The van der Waals surface area contributed by atoms with Crippen LogP contribution in [-0.2, 0) is 9.59 Å². The summed E-state index contributed by atoms with van der Waals surface area (Å²) in [5.74, 6) is 1.04. The second-order valence-electron chi connectivity index (χ2n) is 6.90. The molecule has 2 amide bonds. The number of amides is 2. The Labute approximate surface area is 216 Å². The van der Waals surface area contributed by atoms with Crippen LogP contribution in [0.15, 0.2) is 76.5 Å². The van der Waals surface area contributed by atoms with Gasteiger partial charge in [-0.05, 0) is 66.7 Å². The van der Waals surface area contributed by atoms with E-state index in [0.717, 1.165) is 9.79 Å². The van der Waals surface area contributed by atoms with Crippen molar-refractivity contribution >= 4 is 81.5 Å². The van der Waals surface area contributed by atoms with Crippen LogP contribution in [0.1, 0.15) is 12.8 Å². The maximum absolute atomic E-state index is 12.2. The number of nitrogens with one attached hydrogen (secondary N) is 2. The van der Waals surface area contributed by atoms with E-state index in [2.05, 4.69) is 10.6 Å². The largest absolute Gasteiger partial charge is 0.326 e. The van der Waals surface area contributed by atoms with Crippen molar-refractivity contribution in [2.75, 3.05) is 22.1 Å². The lowest BCUT2D eigenvalue weighted by Crippen LogP contribution is -2.14. The van der Waals surface area contributed by atoms with Crippen molar-refractivity contribution in [3.63, 3.8) is 0 Å². The third-order valence-corrected chi connectivity index (χ3v) is 7.19. The topological polar surface area (TPSA) is 58.2 Å². The van der Waals surface area contributed by atoms with Gasteiger partial charge < -0.3 is 10.6 Å². The van der Waals surface area contributed by atoms with Crippen molar-refractivity contribution in [1.29, 1.82) is 0 Å². The second-order valence-corrected chi connectivity index (χ2v) is 10.5. The second kappa shape index (κ2) is 13.2. The molecule has 172 valence electrons. The smallest absolute Gasteiger partial charge is 0.225 e. The molecule has 0 aliphatic carbocycles. The Balaban J connectivity index is 1.40. The van der Waals surface area contributed by atoms with Crippen molar-refractivity contribution in [3.05, 3.63) is 81.8 Å². The SMILES string of the molecule is O=C(CCSc1ccc(Cl)cc1)Nc1ccc(NC(=O)CCSc2ccc(Cl)cc2)c(Cl)c1. The number of benzene rings is 3. The zero-order chi connectivity index (χ0) is 23.6. The van der Waals surface area contributed by atoms with Crippen LogP contribution < -0.4 is 10.6 Å². The van der Waals surface area contributed by atoms with E-state index in [0.29, 0.717) is 50.8 Å². The quantitative estimate of drug-likeness (QED) is 0.257. The van der Waals surface area contributed by atoms with E-state index in [1.807, 2.05) is 48.5 Å². The molecule has 3 aromatic rings. The van der Waals surface area contributed by atoms with Gasteiger partial charge in [-0.25, -0.2) is 0 Å². The summed E-state index contributed by atoms with van der Waals surface area (Å²) >= 11 is 21.2. The predicted octanol–water partition coefficient (Wildman–Crippen LogP) is 7.89. The molecular formula is C24H21Cl3N2O2S2. The van der Waals surface area contributed by atoms with Gasteiger partial charge in [0.1, 0.15) is 0 Å². The molecule has 0 heterocycles. The average Bonchev–Trinajstić information content (AvgIpc) is 2.78. The fourth-order valence-corrected chi connectivity index (χ4v) is 4.90. The maximum atomic E-state index is 12.2. The summed E-state index contributed by atoms with van der Waals surface area (Å²) in [7, 11) is 0. The lowest BCUT2D eigenvalue weighted by Gasteiger charge is -2.10. The Hall–Kier alpha value is -1.83. The number of hydrogen-bond acceptors (Lipinski definition) is 4. The van der Waals surface area contributed by atoms with Gasteiger partial charge in [-0.1, -0.05) is 34.8 Å². The summed E-state index contributed by atoms with van der Waals surface area (Å²) in [4.78, 5) is 26.6. The Bertz CT molecular complexity index is 1090. The molecule has 9 heteroatoms. The molecule has 0 radical (unpaired) electrons. The highest BCUT2D eigenvalue weighted by Crippen LogP contribution is 2.27. The van der Waals surface area contributed by atoms with E-state index in [-0.39, 0.29) is 11.8 Å². The van der Waals surface area contributed by atoms with E-state index < -0.39 is 0 Å². The van der Waals surface area contributed by atoms with Crippen LogP contribution in [0.3, 0.4) is 0 Å². The molecule has 0 unspecified atom stereocenters. The number of halogens is 3. The molecule has 0 aliphatic heterocycles. The molecule has 3 rings (SSSR count). The molecule has 0 fully saturated rings. The minimum Gasteiger partial charge on any atom is -0.326 e. The number of thioether (sulfide) groups is 2. The molecule has 0 aromatic heterocycles. The van der Waals surface area contributed by atoms with Crippen molar-refractivity contribution in [2.45, 2.75) is 22.6 Å². The van der Waals surface area contributed by atoms with E-state index in [1.54, 1.807) is 41.7 Å². The maximum Gasteiger partial charge on any atom is 0.225 e. The fraction of sp³-hybridized carbons (Fsp3) is 0.167. The van der Waals surface area contributed by atoms with Gasteiger partial charge in [0.25, 0.3) is 0 Å². The molecule has 0 saturated heterocycles. The molecule has 0 atom stereocenters. The highest BCUT2D eigenvalue weighted by molar-refractivity contribution is 7.99.